The second-order valence-corrected chi connectivity index (χ2v) is 5.02. The number of nitrogens with one attached hydrogen (secondary N) is 2. The number of benzene rings is 1. The van der Waals surface area contributed by atoms with E-state index in [4.69, 9.17) is 9.15 Å². The number of amides is 2. The Morgan fingerprint density at radius 1 is 1.35 bits per heavy atom. The summed E-state index contributed by atoms with van der Waals surface area (Å²) in [5, 5.41) is 5.15. The van der Waals surface area contributed by atoms with E-state index < -0.39 is 11.8 Å². The zero-order chi connectivity index (χ0) is 16.8. The maximum atomic E-state index is 11.9. The van der Waals surface area contributed by atoms with Gasteiger partial charge >= 0.3 is 11.8 Å². The molecule has 0 saturated carbocycles. The molecule has 0 aliphatic rings. The van der Waals surface area contributed by atoms with Gasteiger partial charge in [-0.2, -0.15) is 0 Å². The molecular weight excluding hydrogens is 298 g/mol. The Bertz CT molecular complexity index is 683. The lowest BCUT2D eigenvalue weighted by atomic mass is 10.1. The van der Waals surface area contributed by atoms with Crippen molar-refractivity contribution in [3.63, 3.8) is 0 Å². The molecule has 1 aromatic heterocycles. The van der Waals surface area contributed by atoms with E-state index in [1.54, 1.807) is 24.4 Å². The normalized spacial score (nSPS) is 11.6. The first kappa shape index (κ1) is 16.5. The molecule has 0 aliphatic carbocycles. The Labute approximate surface area is 134 Å². The van der Waals surface area contributed by atoms with Crippen LogP contribution in [0.15, 0.2) is 35.2 Å². The molecule has 0 fully saturated rings. The molecule has 0 saturated heterocycles. The van der Waals surface area contributed by atoms with Crippen LogP contribution in [0.5, 0.6) is 5.75 Å². The van der Waals surface area contributed by atoms with Crippen LogP contribution in [-0.4, -0.2) is 29.9 Å². The summed E-state index contributed by atoms with van der Waals surface area (Å²) in [6.45, 7) is 3.76. The molecule has 0 spiro atoms. The van der Waals surface area contributed by atoms with Gasteiger partial charge in [0.15, 0.2) is 12.2 Å². The third-order valence-electron chi connectivity index (χ3n) is 3.35. The Hall–Kier alpha value is -2.83. The quantitative estimate of drug-likeness (QED) is 0.825. The maximum Gasteiger partial charge on any atom is 0.313 e. The van der Waals surface area contributed by atoms with Gasteiger partial charge in [-0.1, -0.05) is 6.92 Å². The van der Waals surface area contributed by atoms with Gasteiger partial charge in [-0.25, -0.2) is 4.98 Å². The summed E-state index contributed by atoms with van der Waals surface area (Å²) in [6, 6.07) is 4.94. The molecule has 7 heteroatoms. The van der Waals surface area contributed by atoms with E-state index in [1.165, 1.54) is 13.5 Å². The number of carbonyl (C=O) groups is 2. The van der Waals surface area contributed by atoms with Crippen LogP contribution in [-0.2, 0) is 9.59 Å². The molecule has 122 valence electrons. The maximum absolute atomic E-state index is 11.9. The summed E-state index contributed by atoms with van der Waals surface area (Å²) in [7, 11) is 1.51. The van der Waals surface area contributed by atoms with Gasteiger partial charge < -0.3 is 19.8 Å². The number of nitrogens with zero attached hydrogens (tertiary/aromatic N) is 1. The lowest BCUT2D eigenvalue weighted by molar-refractivity contribution is -0.136. The van der Waals surface area contributed by atoms with Gasteiger partial charge in [-0.3, -0.25) is 9.59 Å². The third kappa shape index (κ3) is 4.09. The molecule has 1 aromatic carbocycles. The minimum absolute atomic E-state index is 0.0587. The third-order valence-corrected chi connectivity index (χ3v) is 3.35. The van der Waals surface area contributed by atoms with Crippen LogP contribution in [0, 0.1) is 0 Å². The molecule has 2 N–H and O–H groups in total. The summed E-state index contributed by atoms with van der Waals surface area (Å²) in [5.41, 5.74) is 1.15. The summed E-state index contributed by atoms with van der Waals surface area (Å²) >= 11 is 0. The first-order chi connectivity index (χ1) is 11.0. The highest BCUT2D eigenvalue weighted by atomic mass is 16.5. The van der Waals surface area contributed by atoms with Crippen LogP contribution in [0.2, 0.25) is 0 Å². The first-order valence-corrected chi connectivity index (χ1v) is 7.23. The molecule has 0 radical (unpaired) electrons. The number of rotatable bonds is 5. The van der Waals surface area contributed by atoms with Crippen LogP contribution < -0.4 is 15.4 Å². The second-order valence-electron chi connectivity index (χ2n) is 5.02. The molecule has 2 rings (SSSR count). The van der Waals surface area contributed by atoms with Crippen molar-refractivity contribution in [3.8, 4) is 17.1 Å². The van der Waals surface area contributed by atoms with E-state index in [9.17, 15) is 9.59 Å². The average molecular weight is 317 g/mol. The Morgan fingerprint density at radius 3 is 2.74 bits per heavy atom. The minimum Gasteiger partial charge on any atom is -0.496 e. The highest BCUT2D eigenvalue weighted by Crippen LogP contribution is 2.32. The lowest BCUT2D eigenvalue weighted by Gasteiger charge is -2.12. The van der Waals surface area contributed by atoms with Gasteiger partial charge in [-0.05, 0) is 25.5 Å². The first-order valence-electron chi connectivity index (χ1n) is 7.23. The molecular formula is C16H19N3O4. The van der Waals surface area contributed by atoms with E-state index in [1.807, 2.05) is 13.8 Å². The predicted octanol–water partition coefficient (Wildman–Crippen LogP) is 2.20. The smallest absolute Gasteiger partial charge is 0.313 e. The van der Waals surface area contributed by atoms with Crippen LogP contribution in [0.3, 0.4) is 0 Å². The van der Waals surface area contributed by atoms with Gasteiger partial charge in [0.25, 0.3) is 0 Å². The van der Waals surface area contributed by atoms with Gasteiger partial charge in [0.1, 0.15) is 5.75 Å². The number of hydrogen-bond acceptors (Lipinski definition) is 5. The lowest BCUT2D eigenvalue weighted by Crippen LogP contribution is -2.40. The number of hydrogen-bond donors (Lipinski definition) is 2. The van der Waals surface area contributed by atoms with E-state index in [0.29, 0.717) is 22.8 Å². The van der Waals surface area contributed by atoms with Crippen molar-refractivity contribution in [1.29, 1.82) is 0 Å². The van der Waals surface area contributed by atoms with Gasteiger partial charge in [0, 0.05) is 17.8 Å². The topological polar surface area (TPSA) is 93.5 Å². The van der Waals surface area contributed by atoms with Crippen LogP contribution in [0.1, 0.15) is 20.3 Å². The SMILES string of the molecule is CCC(C)NC(=O)C(=O)Nc1ccc(-c2cnco2)c(OC)c1. The molecule has 2 amide bonds. The van der Waals surface area contributed by atoms with E-state index in [-0.39, 0.29) is 6.04 Å². The fourth-order valence-corrected chi connectivity index (χ4v) is 1.90. The van der Waals surface area contributed by atoms with Crippen molar-refractivity contribution in [3.05, 3.63) is 30.8 Å². The molecule has 0 aliphatic heterocycles. The van der Waals surface area contributed by atoms with Crippen LogP contribution in [0.4, 0.5) is 5.69 Å². The van der Waals surface area contributed by atoms with Crippen molar-refractivity contribution in [2.24, 2.45) is 0 Å². The number of ether oxygens (including phenoxy) is 1. The summed E-state index contributed by atoms with van der Waals surface area (Å²) < 4.78 is 10.5. The van der Waals surface area contributed by atoms with E-state index >= 15 is 0 Å². The van der Waals surface area contributed by atoms with Gasteiger partial charge in [-0.15, -0.1) is 0 Å². The Morgan fingerprint density at radius 2 is 2.13 bits per heavy atom. The molecule has 1 unspecified atom stereocenters. The minimum atomic E-state index is -0.722. The monoisotopic (exact) mass is 317 g/mol. The number of oxazole rings is 1. The zero-order valence-electron chi connectivity index (χ0n) is 13.3. The standard InChI is InChI=1S/C16H19N3O4/c1-4-10(2)18-15(20)16(21)19-11-5-6-12(13(7-11)22-3)14-8-17-9-23-14/h5-10H,4H2,1-3H3,(H,18,20)(H,19,21). The average Bonchev–Trinajstić information content (AvgIpc) is 3.08. The Balaban J connectivity index is 2.12. The predicted molar refractivity (Wildman–Crippen MR) is 85.0 cm³/mol. The summed E-state index contributed by atoms with van der Waals surface area (Å²) in [6.07, 6.45) is 3.64. The van der Waals surface area contributed by atoms with Gasteiger partial charge in [0.2, 0.25) is 0 Å². The van der Waals surface area contributed by atoms with Crippen molar-refractivity contribution in [1.82, 2.24) is 10.3 Å². The van der Waals surface area contributed by atoms with Crippen LogP contribution in [0.25, 0.3) is 11.3 Å². The second kappa shape index (κ2) is 7.44. The van der Waals surface area contributed by atoms with Crippen LogP contribution >= 0.6 is 0 Å². The molecule has 2 aromatic rings. The summed E-state index contributed by atoms with van der Waals surface area (Å²) in [4.78, 5) is 27.5. The van der Waals surface area contributed by atoms with E-state index in [0.717, 1.165) is 6.42 Å². The number of carbonyl (C=O) groups excluding carboxylic acids is 2. The molecule has 1 heterocycles. The fourth-order valence-electron chi connectivity index (χ4n) is 1.90. The van der Waals surface area contributed by atoms with Gasteiger partial charge in [0.05, 0.1) is 18.9 Å². The zero-order valence-corrected chi connectivity index (χ0v) is 13.3. The van der Waals surface area contributed by atoms with Crippen molar-refractivity contribution in [2.45, 2.75) is 26.3 Å². The molecule has 7 nitrogen and oxygen atoms in total. The van der Waals surface area contributed by atoms with Crippen molar-refractivity contribution in [2.75, 3.05) is 12.4 Å². The summed E-state index contributed by atoms with van der Waals surface area (Å²) in [5.74, 6) is -0.339. The molecule has 1 atom stereocenters. The largest absolute Gasteiger partial charge is 0.496 e. The Kier molecular flexibility index (Phi) is 5.35. The number of anilines is 1. The fraction of sp³-hybridized carbons (Fsp3) is 0.312. The van der Waals surface area contributed by atoms with E-state index in [2.05, 4.69) is 15.6 Å². The number of methoxy groups -OCH3 is 1. The highest BCUT2D eigenvalue weighted by molar-refractivity contribution is 6.39. The van der Waals surface area contributed by atoms with Crippen molar-refractivity contribution < 1.29 is 18.7 Å². The molecule has 23 heavy (non-hydrogen) atoms. The van der Waals surface area contributed by atoms with Crippen molar-refractivity contribution >= 4 is 17.5 Å². The number of aromatic nitrogens is 1. The molecule has 0 bridgehead atoms. The highest BCUT2D eigenvalue weighted by Gasteiger charge is 2.17.